The van der Waals surface area contributed by atoms with E-state index in [0.29, 0.717) is 6.54 Å². The second kappa shape index (κ2) is 6.68. The number of benzene rings is 1. The highest BCUT2D eigenvalue weighted by atomic mass is 16.4. The van der Waals surface area contributed by atoms with Crippen molar-refractivity contribution in [1.82, 2.24) is 4.90 Å². The zero-order valence-electron chi connectivity index (χ0n) is 11.1. The van der Waals surface area contributed by atoms with Crippen molar-refractivity contribution in [3.05, 3.63) is 35.4 Å². The third-order valence-electron chi connectivity index (χ3n) is 3.74. The van der Waals surface area contributed by atoms with Crippen molar-refractivity contribution in [2.45, 2.75) is 44.9 Å². The topological polar surface area (TPSA) is 60.8 Å². The number of carbonyl (C=O) groups is 1. The lowest BCUT2D eigenvalue weighted by Gasteiger charge is -2.26. The monoisotopic (exact) mass is 263 g/mol. The summed E-state index contributed by atoms with van der Waals surface area (Å²) in [5, 5.41) is 18.3. The zero-order valence-corrected chi connectivity index (χ0v) is 11.1. The van der Waals surface area contributed by atoms with Crippen LogP contribution in [0.2, 0.25) is 0 Å². The van der Waals surface area contributed by atoms with Gasteiger partial charge in [-0.15, -0.1) is 0 Å². The minimum Gasteiger partial charge on any atom is -0.480 e. The number of nitrogens with zero attached hydrogens (tertiary/aromatic N) is 1. The van der Waals surface area contributed by atoms with Crippen LogP contribution in [-0.2, 0) is 17.9 Å². The molecule has 0 saturated carbocycles. The van der Waals surface area contributed by atoms with Crippen molar-refractivity contribution in [3.8, 4) is 0 Å². The summed E-state index contributed by atoms with van der Waals surface area (Å²) in [7, 11) is 0. The van der Waals surface area contributed by atoms with Gasteiger partial charge in [0.25, 0.3) is 0 Å². The number of hydrogen-bond acceptors (Lipinski definition) is 3. The van der Waals surface area contributed by atoms with E-state index < -0.39 is 5.97 Å². The number of rotatable bonds is 4. The van der Waals surface area contributed by atoms with Crippen molar-refractivity contribution in [2.75, 3.05) is 6.54 Å². The molecule has 1 unspecified atom stereocenters. The van der Waals surface area contributed by atoms with E-state index in [2.05, 4.69) is 4.90 Å². The number of carboxylic acids is 1. The first-order chi connectivity index (χ1) is 9.20. The van der Waals surface area contributed by atoms with Gasteiger partial charge < -0.3 is 10.2 Å². The predicted octanol–water partition coefficient (Wildman–Crippen LogP) is 2.01. The van der Waals surface area contributed by atoms with Crippen molar-refractivity contribution < 1.29 is 15.0 Å². The van der Waals surface area contributed by atoms with Crippen LogP contribution in [0.25, 0.3) is 0 Å². The molecule has 0 aromatic heterocycles. The number of hydrogen-bond donors (Lipinski definition) is 2. The lowest BCUT2D eigenvalue weighted by molar-refractivity contribution is -0.143. The Morgan fingerprint density at radius 3 is 2.47 bits per heavy atom. The third-order valence-corrected chi connectivity index (χ3v) is 3.74. The van der Waals surface area contributed by atoms with Crippen LogP contribution in [0.3, 0.4) is 0 Å². The Bertz CT molecular complexity index is 416. The highest BCUT2D eigenvalue weighted by molar-refractivity contribution is 5.73. The summed E-state index contributed by atoms with van der Waals surface area (Å²) < 4.78 is 0. The van der Waals surface area contributed by atoms with Gasteiger partial charge in [-0.1, -0.05) is 37.1 Å². The van der Waals surface area contributed by atoms with Crippen LogP contribution in [-0.4, -0.2) is 33.7 Å². The van der Waals surface area contributed by atoms with Gasteiger partial charge in [0.2, 0.25) is 0 Å². The van der Waals surface area contributed by atoms with Gasteiger partial charge in [-0.05, 0) is 30.5 Å². The Hall–Kier alpha value is -1.39. The summed E-state index contributed by atoms with van der Waals surface area (Å²) in [5.74, 6) is -0.714. The number of aliphatic hydroxyl groups excluding tert-OH is 1. The third kappa shape index (κ3) is 3.78. The quantitative estimate of drug-likeness (QED) is 0.872. The van der Waals surface area contributed by atoms with E-state index >= 15 is 0 Å². The molecule has 4 nitrogen and oxygen atoms in total. The molecule has 0 spiro atoms. The molecule has 4 heteroatoms. The zero-order chi connectivity index (χ0) is 13.7. The van der Waals surface area contributed by atoms with Crippen LogP contribution in [0.15, 0.2) is 24.3 Å². The van der Waals surface area contributed by atoms with E-state index in [4.69, 9.17) is 5.11 Å². The molecule has 0 amide bonds. The Labute approximate surface area is 113 Å². The molecule has 1 aromatic rings. The molecule has 1 heterocycles. The van der Waals surface area contributed by atoms with Gasteiger partial charge in [0.1, 0.15) is 6.04 Å². The Balaban J connectivity index is 2.06. The van der Waals surface area contributed by atoms with E-state index in [1.807, 2.05) is 24.3 Å². The van der Waals surface area contributed by atoms with E-state index in [0.717, 1.165) is 43.4 Å². The maximum absolute atomic E-state index is 11.3. The first-order valence-electron chi connectivity index (χ1n) is 6.86. The fraction of sp³-hybridized carbons (Fsp3) is 0.533. The van der Waals surface area contributed by atoms with Crippen molar-refractivity contribution >= 4 is 5.97 Å². The van der Waals surface area contributed by atoms with Crippen molar-refractivity contribution in [2.24, 2.45) is 0 Å². The van der Waals surface area contributed by atoms with Crippen LogP contribution >= 0.6 is 0 Å². The first-order valence-corrected chi connectivity index (χ1v) is 6.86. The molecule has 1 atom stereocenters. The highest BCUT2D eigenvalue weighted by Gasteiger charge is 2.26. The van der Waals surface area contributed by atoms with Gasteiger partial charge in [-0.3, -0.25) is 9.69 Å². The Kier molecular flexibility index (Phi) is 4.93. The molecule has 0 aliphatic carbocycles. The van der Waals surface area contributed by atoms with Crippen molar-refractivity contribution in [3.63, 3.8) is 0 Å². The number of carboxylic acid groups (broad SMARTS) is 1. The van der Waals surface area contributed by atoms with E-state index in [1.54, 1.807) is 0 Å². The molecule has 1 aliphatic heterocycles. The molecule has 2 N–H and O–H groups in total. The van der Waals surface area contributed by atoms with Crippen LogP contribution in [0.5, 0.6) is 0 Å². The van der Waals surface area contributed by atoms with E-state index in [9.17, 15) is 9.90 Å². The van der Waals surface area contributed by atoms with Crippen LogP contribution < -0.4 is 0 Å². The van der Waals surface area contributed by atoms with Gasteiger partial charge in [-0.2, -0.15) is 0 Å². The largest absolute Gasteiger partial charge is 0.480 e. The molecule has 0 radical (unpaired) electrons. The average molecular weight is 263 g/mol. The summed E-state index contributed by atoms with van der Waals surface area (Å²) in [6.07, 6.45) is 3.92. The molecule has 0 bridgehead atoms. The molecule has 1 aliphatic rings. The van der Waals surface area contributed by atoms with E-state index in [1.165, 1.54) is 0 Å². The van der Waals surface area contributed by atoms with Crippen LogP contribution in [0.4, 0.5) is 0 Å². The first kappa shape index (κ1) is 14.0. The van der Waals surface area contributed by atoms with Gasteiger partial charge in [-0.25, -0.2) is 0 Å². The average Bonchev–Trinajstić information content (AvgIpc) is 2.65. The molecular weight excluding hydrogens is 242 g/mol. The maximum Gasteiger partial charge on any atom is 0.320 e. The summed E-state index contributed by atoms with van der Waals surface area (Å²) in [4.78, 5) is 13.4. The number of likely N-dealkylation sites (tertiary alicyclic amines) is 1. The van der Waals surface area contributed by atoms with Gasteiger partial charge in [0.05, 0.1) is 6.61 Å². The maximum atomic E-state index is 11.3. The van der Waals surface area contributed by atoms with Crippen molar-refractivity contribution in [1.29, 1.82) is 0 Å². The van der Waals surface area contributed by atoms with Crippen LogP contribution in [0.1, 0.15) is 36.8 Å². The number of aliphatic hydroxyl groups is 1. The minimum absolute atomic E-state index is 0.0434. The van der Waals surface area contributed by atoms with Crippen LogP contribution in [0, 0.1) is 0 Å². The van der Waals surface area contributed by atoms with Gasteiger partial charge in [0.15, 0.2) is 0 Å². The molecule has 1 aromatic carbocycles. The fourth-order valence-electron chi connectivity index (χ4n) is 2.62. The smallest absolute Gasteiger partial charge is 0.320 e. The van der Waals surface area contributed by atoms with E-state index in [-0.39, 0.29) is 12.6 Å². The Morgan fingerprint density at radius 1 is 1.16 bits per heavy atom. The molecule has 104 valence electrons. The molecule has 2 rings (SSSR count). The fourth-order valence-corrected chi connectivity index (χ4v) is 2.62. The standard InChI is InChI=1S/C15H21NO3/c17-11-13-7-5-12(6-8-13)10-16-9-3-1-2-4-14(16)15(18)19/h5-8,14,17H,1-4,9-11H2,(H,18,19). The lowest BCUT2D eigenvalue weighted by atomic mass is 10.1. The minimum atomic E-state index is -0.714. The van der Waals surface area contributed by atoms with Gasteiger partial charge in [0, 0.05) is 6.54 Å². The van der Waals surface area contributed by atoms with Gasteiger partial charge >= 0.3 is 5.97 Å². The molecule has 1 fully saturated rings. The Morgan fingerprint density at radius 2 is 1.84 bits per heavy atom. The second-order valence-corrected chi connectivity index (χ2v) is 5.15. The molecular formula is C15H21NO3. The summed E-state index contributed by atoms with van der Waals surface area (Å²) in [5.41, 5.74) is 1.99. The molecule has 1 saturated heterocycles. The predicted molar refractivity (Wildman–Crippen MR) is 72.7 cm³/mol. The summed E-state index contributed by atoms with van der Waals surface area (Å²) in [6, 6.07) is 7.36. The highest BCUT2D eigenvalue weighted by Crippen LogP contribution is 2.19. The SMILES string of the molecule is O=C(O)C1CCCCCN1Cc1ccc(CO)cc1. The number of aliphatic carboxylic acids is 1. The lowest BCUT2D eigenvalue weighted by Crippen LogP contribution is -2.40. The normalized spacial score (nSPS) is 21.0. The molecule has 19 heavy (non-hydrogen) atoms. The second-order valence-electron chi connectivity index (χ2n) is 5.15. The summed E-state index contributed by atoms with van der Waals surface area (Å²) >= 11 is 0. The summed E-state index contributed by atoms with van der Waals surface area (Å²) in [6.45, 7) is 1.56.